The van der Waals surface area contributed by atoms with Gasteiger partial charge in [0.25, 0.3) is 0 Å². The molecule has 1 fully saturated rings. The first-order chi connectivity index (χ1) is 10.3. The van der Waals surface area contributed by atoms with Crippen molar-refractivity contribution in [3.05, 3.63) is 23.8 Å². The summed E-state index contributed by atoms with van der Waals surface area (Å²) in [5, 5.41) is 5.63. The topological polar surface area (TPSA) is 70.7 Å². The third kappa shape index (κ3) is 4.21. The number of amides is 3. The quantitative estimate of drug-likeness (QED) is 0.882. The first-order valence-electron chi connectivity index (χ1n) is 7.44. The van der Waals surface area contributed by atoms with Gasteiger partial charge in [-0.2, -0.15) is 0 Å². The highest BCUT2D eigenvalue weighted by Crippen LogP contribution is 2.21. The van der Waals surface area contributed by atoms with Crippen LogP contribution in [0.3, 0.4) is 0 Å². The van der Waals surface area contributed by atoms with Gasteiger partial charge in [0.15, 0.2) is 0 Å². The van der Waals surface area contributed by atoms with Crippen LogP contribution in [0.4, 0.5) is 16.2 Å². The Labute approximate surface area is 130 Å². The highest BCUT2D eigenvalue weighted by Gasteiger charge is 2.25. The second kappa shape index (κ2) is 6.79. The summed E-state index contributed by atoms with van der Waals surface area (Å²) in [5.41, 5.74) is 2.31. The first-order valence-corrected chi connectivity index (χ1v) is 7.44. The number of anilines is 2. The molecule has 2 unspecified atom stereocenters. The Kier molecular flexibility index (Phi) is 5.03. The molecule has 0 aromatic heterocycles. The van der Waals surface area contributed by atoms with Gasteiger partial charge in [0.2, 0.25) is 5.91 Å². The van der Waals surface area contributed by atoms with Crippen LogP contribution in [0.2, 0.25) is 0 Å². The zero-order valence-corrected chi connectivity index (χ0v) is 13.5. The average molecular weight is 305 g/mol. The van der Waals surface area contributed by atoms with Crippen LogP contribution in [0, 0.1) is 6.92 Å². The van der Waals surface area contributed by atoms with Gasteiger partial charge >= 0.3 is 6.03 Å². The molecule has 2 rings (SSSR count). The summed E-state index contributed by atoms with van der Waals surface area (Å²) in [6, 6.07) is 5.30. The number of ether oxygens (including phenoxy) is 1. The van der Waals surface area contributed by atoms with Crippen molar-refractivity contribution in [2.45, 2.75) is 39.9 Å². The number of morpholine rings is 1. The number of benzene rings is 1. The number of nitrogens with one attached hydrogen (secondary N) is 2. The van der Waals surface area contributed by atoms with E-state index in [0.717, 1.165) is 5.56 Å². The molecule has 1 aliphatic rings. The molecular weight excluding hydrogens is 282 g/mol. The van der Waals surface area contributed by atoms with Gasteiger partial charge in [0, 0.05) is 31.4 Å². The molecule has 120 valence electrons. The third-order valence-electron chi connectivity index (χ3n) is 3.51. The molecule has 0 bridgehead atoms. The predicted octanol–water partition coefficient (Wildman–Crippen LogP) is 2.59. The lowest BCUT2D eigenvalue weighted by molar-refractivity contribution is -0.114. The molecule has 0 saturated carbocycles. The van der Waals surface area contributed by atoms with E-state index in [4.69, 9.17) is 4.74 Å². The Morgan fingerprint density at radius 3 is 2.41 bits per heavy atom. The van der Waals surface area contributed by atoms with Crippen LogP contribution in [-0.4, -0.2) is 42.1 Å². The smallest absolute Gasteiger partial charge is 0.322 e. The number of urea groups is 1. The maximum absolute atomic E-state index is 12.3. The summed E-state index contributed by atoms with van der Waals surface area (Å²) >= 11 is 0. The van der Waals surface area contributed by atoms with Gasteiger partial charge in [-0.1, -0.05) is 6.07 Å². The summed E-state index contributed by atoms with van der Waals surface area (Å²) in [4.78, 5) is 25.3. The summed E-state index contributed by atoms with van der Waals surface area (Å²) < 4.78 is 5.63. The second-order valence-corrected chi connectivity index (χ2v) is 5.80. The number of nitrogens with zero attached hydrogens (tertiary/aromatic N) is 1. The van der Waals surface area contributed by atoms with Crippen LogP contribution in [0.1, 0.15) is 26.3 Å². The van der Waals surface area contributed by atoms with E-state index < -0.39 is 0 Å². The van der Waals surface area contributed by atoms with Gasteiger partial charge < -0.3 is 20.3 Å². The van der Waals surface area contributed by atoms with E-state index >= 15 is 0 Å². The maximum atomic E-state index is 12.3. The van der Waals surface area contributed by atoms with E-state index in [-0.39, 0.29) is 24.1 Å². The van der Waals surface area contributed by atoms with Crippen molar-refractivity contribution >= 4 is 23.3 Å². The monoisotopic (exact) mass is 305 g/mol. The summed E-state index contributed by atoms with van der Waals surface area (Å²) in [5.74, 6) is -0.137. The third-order valence-corrected chi connectivity index (χ3v) is 3.51. The fourth-order valence-electron chi connectivity index (χ4n) is 2.57. The van der Waals surface area contributed by atoms with Crippen molar-refractivity contribution in [3.63, 3.8) is 0 Å². The number of rotatable bonds is 2. The number of aryl methyl sites for hydroxylation is 1. The molecule has 0 aliphatic carbocycles. The fourth-order valence-corrected chi connectivity index (χ4v) is 2.57. The Morgan fingerprint density at radius 2 is 1.82 bits per heavy atom. The Hall–Kier alpha value is -2.08. The molecule has 6 heteroatoms. The zero-order valence-electron chi connectivity index (χ0n) is 13.5. The average Bonchev–Trinajstić information content (AvgIpc) is 2.41. The summed E-state index contributed by atoms with van der Waals surface area (Å²) in [6.45, 7) is 8.41. The van der Waals surface area contributed by atoms with E-state index in [9.17, 15) is 9.59 Å². The predicted molar refractivity (Wildman–Crippen MR) is 86.1 cm³/mol. The van der Waals surface area contributed by atoms with Crippen LogP contribution in [0.5, 0.6) is 0 Å². The molecular formula is C16H23N3O3. The molecule has 1 heterocycles. The number of carbonyl (C=O) groups excluding carboxylic acids is 2. The Bertz CT molecular complexity index is 564. The molecule has 2 atom stereocenters. The van der Waals surface area contributed by atoms with E-state index in [1.54, 1.807) is 11.0 Å². The highest BCUT2D eigenvalue weighted by molar-refractivity contribution is 5.93. The molecule has 0 radical (unpaired) electrons. The minimum absolute atomic E-state index is 0.0301. The molecule has 1 saturated heterocycles. The molecule has 22 heavy (non-hydrogen) atoms. The van der Waals surface area contributed by atoms with E-state index in [1.807, 2.05) is 32.9 Å². The van der Waals surface area contributed by atoms with Gasteiger partial charge in [0.05, 0.1) is 12.2 Å². The second-order valence-electron chi connectivity index (χ2n) is 5.80. The lowest BCUT2D eigenvalue weighted by Gasteiger charge is -2.35. The lowest BCUT2D eigenvalue weighted by Crippen LogP contribution is -2.49. The van der Waals surface area contributed by atoms with Gasteiger partial charge in [0.1, 0.15) is 0 Å². The SMILES string of the molecule is CC(=O)Nc1cc(NC(=O)N2CC(C)OC(C)C2)ccc1C. The largest absolute Gasteiger partial charge is 0.372 e. The van der Waals surface area contributed by atoms with Crippen LogP contribution in [0.25, 0.3) is 0 Å². The van der Waals surface area contributed by atoms with Gasteiger partial charge in [-0.05, 0) is 38.5 Å². The van der Waals surface area contributed by atoms with Crippen LogP contribution >= 0.6 is 0 Å². The minimum Gasteiger partial charge on any atom is -0.372 e. The normalized spacial score (nSPS) is 21.4. The van der Waals surface area contributed by atoms with E-state index in [2.05, 4.69) is 10.6 Å². The Balaban J connectivity index is 2.06. The highest BCUT2D eigenvalue weighted by atomic mass is 16.5. The summed E-state index contributed by atoms with van der Waals surface area (Å²) in [6.07, 6.45) is 0.0601. The molecule has 1 aromatic rings. The molecule has 2 N–H and O–H groups in total. The van der Waals surface area contributed by atoms with Gasteiger partial charge in [-0.25, -0.2) is 4.79 Å². The van der Waals surface area contributed by atoms with Crippen LogP contribution in [-0.2, 0) is 9.53 Å². The number of hydrogen-bond acceptors (Lipinski definition) is 3. The van der Waals surface area contributed by atoms with Crippen molar-refractivity contribution in [1.82, 2.24) is 4.90 Å². The summed E-state index contributed by atoms with van der Waals surface area (Å²) in [7, 11) is 0. The van der Waals surface area contributed by atoms with E-state index in [1.165, 1.54) is 6.92 Å². The van der Waals surface area contributed by atoms with Crippen LogP contribution < -0.4 is 10.6 Å². The lowest BCUT2D eigenvalue weighted by atomic mass is 10.1. The van der Waals surface area contributed by atoms with Crippen molar-refractivity contribution in [2.75, 3.05) is 23.7 Å². The molecule has 1 aromatic carbocycles. The van der Waals surface area contributed by atoms with Gasteiger partial charge in [-0.3, -0.25) is 4.79 Å². The van der Waals surface area contributed by atoms with Crippen molar-refractivity contribution < 1.29 is 14.3 Å². The molecule has 1 aliphatic heterocycles. The van der Waals surface area contributed by atoms with Crippen molar-refractivity contribution in [2.24, 2.45) is 0 Å². The standard InChI is InChI=1S/C16H23N3O3/c1-10-5-6-14(7-15(10)17-13(4)20)18-16(21)19-8-11(2)22-12(3)9-19/h5-7,11-12H,8-9H2,1-4H3,(H,17,20)(H,18,21). The Morgan fingerprint density at radius 1 is 1.18 bits per heavy atom. The molecule has 3 amide bonds. The zero-order chi connectivity index (χ0) is 16.3. The maximum Gasteiger partial charge on any atom is 0.322 e. The minimum atomic E-state index is -0.153. The van der Waals surface area contributed by atoms with Crippen molar-refractivity contribution in [1.29, 1.82) is 0 Å². The van der Waals surface area contributed by atoms with Crippen LogP contribution in [0.15, 0.2) is 18.2 Å². The molecule has 0 spiro atoms. The molecule has 6 nitrogen and oxygen atoms in total. The number of carbonyl (C=O) groups is 2. The van der Waals surface area contributed by atoms with Gasteiger partial charge in [-0.15, -0.1) is 0 Å². The first kappa shape index (κ1) is 16.3. The van der Waals surface area contributed by atoms with E-state index in [0.29, 0.717) is 24.5 Å². The number of hydrogen-bond donors (Lipinski definition) is 2. The van der Waals surface area contributed by atoms with Crippen molar-refractivity contribution in [3.8, 4) is 0 Å². The fraction of sp³-hybridized carbons (Fsp3) is 0.500.